The third kappa shape index (κ3) is 4.38. The van der Waals surface area contributed by atoms with Crippen molar-refractivity contribution in [2.24, 2.45) is 0 Å². The van der Waals surface area contributed by atoms with Crippen molar-refractivity contribution in [1.82, 2.24) is 9.97 Å². The van der Waals surface area contributed by atoms with Gasteiger partial charge < -0.3 is 15.8 Å². The lowest BCUT2D eigenvalue weighted by molar-refractivity contribution is 0.217. The molecular weight excluding hydrogens is 312 g/mol. The van der Waals surface area contributed by atoms with Gasteiger partial charge in [0.2, 0.25) is 0 Å². The molecule has 1 unspecified atom stereocenters. The summed E-state index contributed by atoms with van der Waals surface area (Å²) in [6, 6.07) is 13.9. The van der Waals surface area contributed by atoms with Gasteiger partial charge in [-0.3, -0.25) is 0 Å². The SMILES string of the molecule is CCC(C)Oc1ccc(CCNc2ncnc3ccc(N)cc23)cc1. The third-order valence-electron chi connectivity index (χ3n) is 4.20. The first-order chi connectivity index (χ1) is 12.2. The predicted octanol–water partition coefficient (Wildman–Crippen LogP) is 4.04. The van der Waals surface area contributed by atoms with Crippen LogP contribution in [0.15, 0.2) is 48.8 Å². The molecule has 0 aliphatic carbocycles. The summed E-state index contributed by atoms with van der Waals surface area (Å²) in [7, 11) is 0. The Morgan fingerprint density at radius 1 is 1.12 bits per heavy atom. The molecule has 0 aliphatic rings. The Morgan fingerprint density at radius 3 is 2.68 bits per heavy atom. The summed E-state index contributed by atoms with van der Waals surface area (Å²) in [6.07, 6.45) is 3.72. The zero-order valence-electron chi connectivity index (χ0n) is 14.7. The number of nitrogen functional groups attached to an aromatic ring is 1. The molecule has 1 aromatic heterocycles. The van der Waals surface area contributed by atoms with Crippen molar-refractivity contribution in [2.45, 2.75) is 32.8 Å². The number of hydrogen-bond acceptors (Lipinski definition) is 5. The Balaban J connectivity index is 1.61. The highest BCUT2D eigenvalue weighted by atomic mass is 16.5. The van der Waals surface area contributed by atoms with Crippen molar-refractivity contribution < 1.29 is 4.74 Å². The summed E-state index contributed by atoms with van der Waals surface area (Å²) in [5.74, 6) is 1.73. The normalized spacial score (nSPS) is 12.1. The van der Waals surface area contributed by atoms with E-state index < -0.39 is 0 Å². The van der Waals surface area contributed by atoms with Gasteiger partial charge in [-0.1, -0.05) is 19.1 Å². The van der Waals surface area contributed by atoms with Crippen LogP contribution in [0.25, 0.3) is 10.9 Å². The minimum Gasteiger partial charge on any atom is -0.491 e. The van der Waals surface area contributed by atoms with Crippen LogP contribution in [0.1, 0.15) is 25.8 Å². The molecule has 0 bridgehead atoms. The topological polar surface area (TPSA) is 73.1 Å². The summed E-state index contributed by atoms with van der Waals surface area (Å²) in [5, 5.41) is 4.33. The lowest BCUT2D eigenvalue weighted by atomic mass is 10.1. The molecule has 3 N–H and O–H groups in total. The molecule has 3 aromatic rings. The zero-order valence-corrected chi connectivity index (χ0v) is 14.7. The van der Waals surface area contributed by atoms with Gasteiger partial charge in [0.25, 0.3) is 0 Å². The van der Waals surface area contributed by atoms with Crippen LogP contribution in [0.3, 0.4) is 0 Å². The molecular formula is C20H24N4O. The maximum atomic E-state index is 5.88. The second-order valence-corrected chi connectivity index (χ2v) is 6.16. The Kier molecular flexibility index (Phi) is 5.33. The lowest BCUT2D eigenvalue weighted by Crippen LogP contribution is -2.10. The van der Waals surface area contributed by atoms with E-state index in [0.717, 1.165) is 41.9 Å². The number of fused-ring (bicyclic) bond motifs is 1. The van der Waals surface area contributed by atoms with Gasteiger partial charge >= 0.3 is 0 Å². The number of anilines is 2. The molecule has 130 valence electrons. The highest BCUT2D eigenvalue weighted by Gasteiger charge is 2.04. The van der Waals surface area contributed by atoms with Crippen LogP contribution in [0.4, 0.5) is 11.5 Å². The van der Waals surface area contributed by atoms with E-state index in [2.05, 4.69) is 41.3 Å². The monoisotopic (exact) mass is 336 g/mol. The fraction of sp³-hybridized carbons (Fsp3) is 0.300. The Labute approximate surface area is 148 Å². The summed E-state index contributed by atoms with van der Waals surface area (Å²) in [5.41, 5.74) is 8.73. The van der Waals surface area contributed by atoms with Gasteiger partial charge in [0.05, 0.1) is 11.6 Å². The number of aromatic nitrogens is 2. The number of hydrogen-bond donors (Lipinski definition) is 2. The molecule has 3 rings (SSSR count). The van der Waals surface area contributed by atoms with Gasteiger partial charge in [0.1, 0.15) is 17.9 Å². The van der Waals surface area contributed by atoms with E-state index in [4.69, 9.17) is 10.5 Å². The van der Waals surface area contributed by atoms with Gasteiger partial charge in [0.15, 0.2) is 0 Å². The maximum Gasteiger partial charge on any atom is 0.137 e. The standard InChI is InChI=1S/C20H24N4O/c1-3-14(2)25-17-7-4-15(5-8-17)10-11-22-20-18-12-16(21)6-9-19(18)23-13-24-20/h4-9,12-14H,3,10-11,21H2,1-2H3,(H,22,23,24). The van der Waals surface area contributed by atoms with Crippen molar-refractivity contribution >= 4 is 22.4 Å². The molecule has 5 nitrogen and oxygen atoms in total. The highest BCUT2D eigenvalue weighted by Crippen LogP contribution is 2.21. The number of benzene rings is 2. The van der Waals surface area contributed by atoms with Crippen LogP contribution < -0.4 is 15.8 Å². The van der Waals surface area contributed by atoms with E-state index in [0.29, 0.717) is 5.69 Å². The van der Waals surface area contributed by atoms with Crippen molar-refractivity contribution in [2.75, 3.05) is 17.6 Å². The molecule has 0 saturated carbocycles. The first-order valence-electron chi connectivity index (χ1n) is 8.65. The van der Waals surface area contributed by atoms with Gasteiger partial charge in [-0.25, -0.2) is 9.97 Å². The van der Waals surface area contributed by atoms with Crippen molar-refractivity contribution in [1.29, 1.82) is 0 Å². The van der Waals surface area contributed by atoms with Crippen molar-refractivity contribution in [3.05, 3.63) is 54.4 Å². The number of rotatable bonds is 7. The zero-order chi connectivity index (χ0) is 17.6. The molecule has 1 heterocycles. The largest absolute Gasteiger partial charge is 0.491 e. The van der Waals surface area contributed by atoms with Crippen LogP contribution in [0.5, 0.6) is 5.75 Å². The fourth-order valence-corrected chi connectivity index (χ4v) is 2.59. The molecule has 2 aromatic carbocycles. The smallest absolute Gasteiger partial charge is 0.137 e. The van der Waals surface area contributed by atoms with Gasteiger partial charge in [-0.2, -0.15) is 0 Å². The van der Waals surface area contributed by atoms with E-state index in [1.807, 2.05) is 30.3 Å². The molecule has 0 radical (unpaired) electrons. The van der Waals surface area contributed by atoms with Crippen LogP contribution in [-0.4, -0.2) is 22.6 Å². The van der Waals surface area contributed by atoms with Gasteiger partial charge in [0, 0.05) is 17.6 Å². The number of nitrogens with two attached hydrogens (primary N) is 1. The molecule has 1 atom stereocenters. The number of nitrogens with zero attached hydrogens (tertiary/aromatic N) is 2. The van der Waals surface area contributed by atoms with Gasteiger partial charge in [-0.05, 0) is 55.7 Å². The summed E-state index contributed by atoms with van der Waals surface area (Å²) < 4.78 is 5.81. The van der Waals surface area contributed by atoms with Crippen LogP contribution in [-0.2, 0) is 6.42 Å². The van der Waals surface area contributed by atoms with Crippen molar-refractivity contribution in [3.63, 3.8) is 0 Å². The summed E-state index contributed by atoms with van der Waals surface area (Å²) >= 11 is 0. The number of nitrogens with one attached hydrogen (secondary N) is 1. The second kappa shape index (κ2) is 7.83. The molecule has 0 spiro atoms. The Morgan fingerprint density at radius 2 is 1.92 bits per heavy atom. The highest BCUT2D eigenvalue weighted by molar-refractivity contribution is 5.91. The van der Waals surface area contributed by atoms with E-state index in [1.165, 1.54) is 5.56 Å². The van der Waals surface area contributed by atoms with E-state index in [-0.39, 0.29) is 6.10 Å². The van der Waals surface area contributed by atoms with E-state index in [9.17, 15) is 0 Å². The Bertz CT molecular complexity index is 833. The average molecular weight is 336 g/mol. The molecule has 25 heavy (non-hydrogen) atoms. The molecule has 0 aliphatic heterocycles. The average Bonchev–Trinajstić information content (AvgIpc) is 2.63. The third-order valence-corrected chi connectivity index (χ3v) is 4.20. The van der Waals surface area contributed by atoms with Crippen LogP contribution >= 0.6 is 0 Å². The fourth-order valence-electron chi connectivity index (χ4n) is 2.59. The van der Waals surface area contributed by atoms with Crippen LogP contribution in [0, 0.1) is 0 Å². The first kappa shape index (κ1) is 17.0. The maximum absolute atomic E-state index is 5.88. The Hall–Kier alpha value is -2.82. The quantitative estimate of drug-likeness (QED) is 0.637. The minimum atomic E-state index is 0.242. The molecule has 0 saturated heterocycles. The van der Waals surface area contributed by atoms with E-state index in [1.54, 1.807) is 6.33 Å². The first-order valence-corrected chi connectivity index (χ1v) is 8.65. The lowest BCUT2D eigenvalue weighted by Gasteiger charge is -2.13. The van der Waals surface area contributed by atoms with Gasteiger partial charge in [-0.15, -0.1) is 0 Å². The summed E-state index contributed by atoms with van der Waals surface area (Å²) in [6.45, 7) is 4.98. The van der Waals surface area contributed by atoms with Crippen molar-refractivity contribution in [3.8, 4) is 5.75 Å². The van der Waals surface area contributed by atoms with Crippen LogP contribution in [0.2, 0.25) is 0 Å². The second-order valence-electron chi connectivity index (χ2n) is 6.16. The minimum absolute atomic E-state index is 0.242. The number of ether oxygens (including phenoxy) is 1. The molecule has 0 amide bonds. The summed E-state index contributed by atoms with van der Waals surface area (Å²) in [4.78, 5) is 8.61. The molecule has 5 heteroatoms. The van der Waals surface area contributed by atoms with E-state index >= 15 is 0 Å². The molecule has 0 fully saturated rings. The predicted molar refractivity (Wildman–Crippen MR) is 103 cm³/mol.